The molecule has 3 aromatic carbocycles. The van der Waals surface area contributed by atoms with Crippen molar-refractivity contribution in [3.05, 3.63) is 123 Å². The van der Waals surface area contributed by atoms with Crippen molar-refractivity contribution in [2.24, 2.45) is 5.73 Å². The lowest BCUT2D eigenvalue weighted by molar-refractivity contribution is -0.113. The molecule has 1 aliphatic rings. The topological polar surface area (TPSA) is 155 Å². The average Bonchev–Trinajstić information content (AvgIpc) is 3.40. The van der Waals surface area contributed by atoms with E-state index in [4.69, 9.17) is 10.5 Å². The van der Waals surface area contributed by atoms with Crippen LogP contribution >= 0.6 is 23.1 Å². The third-order valence-corrected chi connectivity index (χ3v) is 11.6. The van der Waals surface area contributed by atoms with Crippen LogP contribution in [-0.4, -0.2) is 25.1 Å². The molecule has 0 bridgehead atoms. The van der Waals surface area contributed by atoms with Gasteiger partial charge in [0.15, 0.2) is 5.75 Å². The van der Waals surface area contributed by atoms with Crippen molar-refractivity contribution >= 4 is 54.7 Å². The molecule has 1 aliphatic heterocycles. The van der Waals surface area contributed by atoms with Gasteiger partial charge in [-0.3, -0.25) is 9.59 Å². The maximum atomic E-state index is 14.1. The minimum absolute atomic E-state index is 0.0264. The normalized spacial score (nSPS) is 14.5. The number of nitrogens with two attached hydrogens (primary N) is 1. The summed E-state index contributed by atoms with van der Waals surface area (Å²) in [5, 5.41) is 12.8. The number of aromatic nitrogens is 1. The van der Waals surface area contributed by atoms with Crippen LogP contribution in [0.2, 0.25) is 0 Å². The molecule has 1 amide bonds. The van der Waals surface area contributed by atoms with E-state index >= 15 is 0 Å². The molecule has 5 aromatic rings. The number of rotatable bonds is 7. The number of nitriles is 1. The summed E-state index contributed by atoms with van der Waals surface area (Å²) in [6.45, 7) is 1.94. The molecule has 9 nitrogen and oxygen atoms in total. The van der Waals surface area contributed by atoms with E-state index in [1.807, 2.05) is 25.1 Å². The number of carbonyl (C=O) groups excluding carboxylic acids is 1. The Hall–Kier alpha value is -4.83. The summed E-state index contributed by atoms with van der Waals surface area (Å²) in [4.78, 5) is 29.4. The third-order valence-electron chi connectivity index (χ3n) is 7.07. The molecule has 1 atom stereocenters. The van der Waals surface area contributed by atoms with Crippen LogP contribution in [-0.2, 0) is 14.6 Å². The number of carbonyl (C=O) groups is 1. The SMILES string of the molecule is Cc1ccc(NC(=O)CSc2sc3c4c(c(=O)[nH]c3c2S(=O)(=O)c2ccccc2)C(c2ccccc2)C(C#N)=C(N)O4)cc1. The number of allylic oxidation sites excluding steroid dienone is 1. The molecule has 2 aromatic heterocycles. The summed E-state index contributed by atoms with van der Waals surface area (Å²) in [5.74, 6) is -1.35. The Morgan fingerprint density at radius 3 is 2.39 bits per heavy atom. The van der Waals surface area contributed by atoms with Crippen LogP contribution in [0.15, 0.2) is 115 Å². The summed E-state index contributed by atoms with van der Waals surface area (Å²) in [5.41, 5.74) is 8.19. The lowest BCUT2D eigenvalue weighted by Crippen LogP contribution is -2.27. The van der Waals surface area contributed by atoms with Crippen molar-refractivity contribution in [1.82, 2.24) is 4.98 Å². The monoisotopic (exact) mass is 640 g/mol. The molecule has 0 saturated carbocycles. The number of amides is 1. The summed E-state index contributed by atoms with van der Waals surface area (Å²) in [6.07, 6.45) is 0. The van der Waals surface area contributed by atoms with Crippen LogP contribution in [0.3, 0.4) is 0 Å². The van der Waals surface area contributed by atoms with Crippen molar-refractivity contribution in [2.75, 3.05) is 11.1 Å². The molecule has 12 heteroatoms. The number of hydrogen-bond acceptors (Lipinski definition) is 9. The zero-order chi connectivity index (χ0) is 31.0. The largest absolute Gasteiger partial charge is 0.438 e. The number of nitrogens with one attached hydrogen (secondary N) is 2. The smallest absolute Gasteiger partial charge is 0.256 e. The minimum atomic E-state index is -4.17. The molecular weight excluding hydrogens is 617 g/mol. The number of thioether (sulfide) groups is 1. The number of aromatic amines is 1. The van der Waals surface area contributed by atoms with Gasteiger partial charge in [-0.25, -0.2) is 8.42 Å². The van der Waals surface area contributed by atoms with Crippen LogP contribution in [0.1, 0.15) is 22.6 Å². The van der Waals surface area contributed by atoms with Gasteiger partial charge in [-0.05, 0) is 36.8 Å². The van der Waals surface area contributed by atoms with Crippen LogP contribution in [0.4, 0.5) is 5.69 Å². The van der Waals surface area contributed by atoms with Crippen molar-refractivity contribution in [3.63, 3.8) is 0 Å². The first-order chi connectivity index (χ1) is 21.2. The van der Waals surface area contributed by atoms with Crippen LogP contribution in [0, 0.1) is 18.3 Å². The molecule has 0 radical (unpaired) electrons. The Morgan fingerprint density at radius 1 is 1.07 bits per heavy atom. The molecule has 0 saturated heterocycles. The fourth-order valence-electron chi connectivity index (χ4n) is 5.01. The summed E-state index contributed by atoms with van der Waals surface area (Å²) >= 11 is 2.11. The molecule has 44 heavy (non-hydrogen) atoms. The average molecular weight is 641 g/mol. The van der Waals surface area contributed by atoms with E-state index in [0.717, 1.165) is 28.7 Å². The second kappa shape index (κ2) is 11.7. The Kier molecular flexibility index (Phi) is 7.77. The number of pyridine rings is 1. The van der Waals surface area contributed by atoms with E-state index in [-0.39, 0.29) is 49.7 Å². The van der Waals surface area contributed by atoms with Gasteiger partial charge in [0.1, 0.15) is 16.5 Å². The molecule has 1 unspecified atom stereocenters. The van der Waals surface area contributed by atoms with E-state index in [1.165, 1.54) is 12.1 Å². The zero-order valence-electron chi connectivity index (χ0n) is 23.2. The van der Waals surface area contributed by atoms with Crippen molar-refractivity contribution in [3.8, 4) is 11.8 Å². The van der Waals surface area contributed by atoms with E-state index in [9.17, 15) is 23.3 Å². The molecule has 0 aliphatic carbocycles. The molecule has 6 rings (SSSR count). The number of thiophene rings is 1. The molecule has 0 fully saturated rings. The Balaban J connectivity index is 1.51. The van der Waals surface area contributed by atoms with E-state index in [0.29, 0.717) is 20.2 Å². The highest BCUT2D eigenvalue weighted by Gasteiger charge is 2.37. The summed E-state index contributed by atoms with van der Waals surface area (Å²) in [6, 6.07) is 26.2. The summed E-state index contributed by atoms with van der Waals surface area (Å²) in [7, 11) is -4.17. The van der Waals surface area contributed by atoms with Crippen molar-refractivity contribution in [2.45, 2.75) is 26.8 Å². The Bertz CT molecular complexity index is 2150. The Morgan fingerprint density at radius 2 is 1.73 bits per heavy atom. The fraction of sp³-hybridized carbons (Fsp3) is 0.0938. The number of nitrogens with zero attached hydrogens (tertiary/aromatic N) is 1. The number of aryl methyl sites for hydroxylation is 1. The number of sulfone groups is 1. The standard InChI is InChI=1S/C32H24N4O5S3/c1-18-12-14-20(15-13-18)35-23(37)17-42-32-29(44(39,40)21-10-6-3-7-11-21)26-28(43-32)27-25(31(38)36-26)24(19-8-4-2-5-9-19)22(16-33)30(34)41-27/h2-15,24H,17,34H2,1H3,(H,35,37)(H,36,38). The predicted molar refractivity (Wildman–Crippen MR) is 171 cm³/mol. The van der Waals surface area contributed by atoms with Gasteiger partial charge in [-0.15, -0.1) is 23.1 Å². The van der Waals surface area contributed by atoms with Gasteiger partial charge in [0.2, 0.25) is 21.6 Å². The van der Waals surface area contributed by atoms with E-state index in [1.54, 1.807) is 54.6 Å². The number of H-pyrrole nitrogens is 1. The van der Waals surface area contributed by atoms with Gasteiger partial charge in [0.05, 0.1) is 36.6 Å². The van der Waals surface area contributed by atoms with E-state index in [2.05, 4.69) is 16.4 Å². The van der Waals surface area contributed by atoms with Gasteiger partial charge < -0.3 is 20.8 Å². The Labute approximate surface area is 260 Å². The molecule has 3 heterocycles. The maximum absolute atomic E-state index is 14.1. The van der Waals surface area contributed by atoms with Gasteiger partial charge >= 0.3 is 0 Å². The second-order valence-corrected chi connectivity index (χ2v) is 14.1. The third kappa shape index (κ3) is 5.26. The fourth-order valence-corrected chi connectivity index (χ4v) is 9.54. The van der Waals surface area contributed by atoms with Gasteiger partial charge in [0, 0.05) is 5.69 Å². The number of hydrogen-bond donors (Lipinski definition) is 3. The predicted octanol–water partition coefficient (Wildman–Crippen LogP) is 5.68. The lowest BCUT2D eigenvalue weighted by Gasteiger charge is -2.25. The number of fused-ring (bicyclic) bond motifs is 3. The molecule has 0 spiro atoms. The number of anilines is 1. The first-order valence-electron chi connectivity index (χ1n) is 13.3. The molecule has 220 valence electrons. The van der Waals surface area contributed by atoms with Crippen LogP contribution in [0.5, 0.6) is 5.75 Å². The van der Waals surface area contributed by atoms with Crippen LogP contribution < -0.4 is 21.3 Å². The zero-order valence-corrected chi connectivity index (χ0v) is 25.6. The van der Waals surface area contributed by atoms with Gasteiger partial charge in [0.25, 0.3) is 5.56 Å². The van der Waals surface area contributed by atoms with Crippen molar-refractivity contribution < 1.29 is 17.9 Å². The lowest BCUT2D eigenvalue weighted by atomic mass is 9.84. The highest BCUT2D eigenvalue weighted by Crippen LogP contribution is 2.50. The van der Waals surface area contributed by atoms with Gasteiger partial charge in [-0.1, -0.05) is 66.2 Å². The summed E-state index contributed by atoms with van der Waals surface area (Å²) < 4.78 is 34.7. The number of ether oxygens (including phenoxy) is 1. The number of benzene rings is 3. The first-order valence-corrected chi connectivity index (χ1v) is 16.6. The molecular formula is C32H24N4O5S3. The van der Waals surface area contributed by atoms with Crippen LogP contribution in [0.25, 0.3) is 10.2 Å². The second-order valence-electron chi connectivity index (χ2n) is 9.97. The maximum Gasteiger partial charge on any atom is 0.256 e. The highest BCUT2D eigenvalue weighted by molar-refractivity contribution is 8.02. The first kappa shape index (κ1) is 29.3. The van der Waals surface area contributed by atoms with Gasteiger partial charge in [-0.2, -0.15) is 5.26 Å². The van der Waals surface area contributed by atoms with E-state index < -0.39 is 21.3 Å². The quantitative estimate of drug-likeness (QED) is 0.192. The van der Waals surface area contributed by atoms with Crippen molar-refractivity contribution in [1.29, 1.82) is 5.26 Å². The highest BCUT2D eigenvalue weighted by atomic mass is 32.2. The minimum Gasteiger partial charge on any atom is -0.438 e. The molecule has 4 N–H and O–H groups in total.